The minimum atomic E-state index is -5.06. The van der Waals surface area contributed by atoms with E-state index in [-0.39, 0.29) is 30.8 Å². The lowest BCUT2D eigenvalue weighted by Crippen LogP contribution is -2.58. The van der Waals surface area contributed by atoms with Crippen LogP contribution in [0.4, 0.5) is 0 Å². The van der Waals surface area contributed by atoms with E-state index in [4.69, 9.17) is 33.6 Å². The SMILES string of the molecule is COC(CC(O)C(C)C(O)C(C)/C=C(C)/C(C)=C/CC/C(C)=C\C(N)=O)[C@H]1O[C@@]2(C[C@H](OC)[C@H](C)[C@H](C/C=C/c3coc(C)n3)O2)C(C)(C)C1OP(=O)(O)O. The fraction of sp³-hybridized carbons (Fsp3) is 0.700. The molecule has 55 heavy (non-hydrogen) atoms. The second kappa shape index (κ2) is 19.8. The van der Waals surface area contributed by atoms with Gasteiger partial charge in [0.05, 0.1) is 30.5 Å². The number of phosphoric ester groups is 1. The molecule has 2 fully saturated rings. The molecule has 0 saturated carbocycles. The van der Waals surface area contributed by atoms with E-state index in [1.165, 1.54) is 13.2 Å². The van der Waals surface area contributed by atoms with Gasteiger partial charge in [-0.25, -0.2) is 9.55 Å². The molecule has 0 aliphatic carbocycles. The molecule has 0 aromatic carbocycles. The third-order valence-electron chi connectivity index (χ3n) is 11.5. The fourth-order valence-electron chi connectivity index (χ4n) is 7.73. The minimum Gasteiger partial charge on any atom is -0.449 e. The molecule has 2 saturated heterocycles. The number of phosphoric acid groups is 1. The lowest BCUT2D eigenvalue weighted by atomic mass is 9.72. The normalized spacial score (nSPS) is 29.4. The van der Waals surface area contributed by atoms with Crippen LogP contribution in [0, 0.1) is 30.1 Å². The average molecular weight is 797 g/mol. The maximum atomic E-state index is 12.5. The van der Waals surface area contributed by atoms with Gasteiger partial charge in [-0.05, 0) is 46.1 Å². The zero-order valence-electron chi connectivity index (χ0n) is 34.3. The Morgan fingerprint density at radius 1 is 1.15 bits per heavy atom. The van der Waals surface area contributed by atoms with E-state index in [0.29, 0.717) is 24.4 Å². The number of allylic oxidation sites excluding steroid dienone is 4. The van der Waals surface area contributed by atoms with Crippen molar-refractivity contribution in [3.63, 3.8) is 0 Å². The molecule has 1 amide bonds. The van der Waals surface area contributed by atoms with E-state index in [9.17, 15) is 29.4 Å². The molecule has 15 heteroatoms. The number of aryl methyl sites for hydroxylation is 1. The molecule has 0 bridgehead atoms. The first kappa shape index (κ1) is 46.9. The molecule has 11 atom stereocenters. The Bertz CT molecular complexity index is 1600. The first-order valence-corrected chi connectivity index (χ1v) is 20.5. The standard InChI is InChI=1S/C40H65N2O12P/c1-23(18-35(41)44)14-12-15-24(2)25(3)19-26(4)36(45)27(5)31(43)20-33(49-10)37-38(54-55(46,47)48)39(8,9)40(53-37)21-34(50-11)28(6)32(52-40)17-13-16-30-22-51-29(7)42-30/h13,15-16,18-19,22,26-28,31-34,36-38,43,45H,12,14,17,20-21H2,1-11H3,(H2,41,44)(H2,46,47,48)/b16-13+,23-18-,24-15+,25-19+/t26?,27?,28-,31?,32+,33?,34+,36?,37-,38?,40+/m1/s1. The van der Waals surface area contributed by atoms with Gasteiger partial charge >= 0.3 is 7.82 Å². The van der Waals surface area contributed by atoms with Crippen LogP contribution in [0.15, 0.2) is 51.7 Å². The first-order valence-electron chi connectivity index (χ1n) is 19.0. The smallest absolute Gasteiger partial charge is 0.449 e. The molecular weight excluding hydrogens is 731 g/mol. The number of methoxy groups -OCH3 is 2. The summed E-state index contributed by atoms with van der Waals surface area (Å²) in [5.41, 5.74) is 7.66. The fourth-order valence-corrected chi connectivity index (χ4v) is 8.41. The van der Waals surface area contributed by atoms with Crippen LogP contribution in [-0.2, 0) is 32.8 Å². The quantitative estimate of drug-likeness (QED) is 0.0625. The van der Waals surface area contributed by atoms with Crippen LogP contribution >= 0.6 is 7.82 Å². The molecule has 1 aromatic rings. The number of rotatable bonds is 19. The predicted octanol–water partition coefficient (Wildman–Crippen LogP) is 5.93. The number of oxazole rings is 1. The highest BCUT2D eigenvalue weighted by molar-refractivity contribution is 7.46. The van der Waals surface area contributed by atoms with E-state index in [0.717, 1.165) is 23.1 Å². The number of nitrogens with two attached hydrogens (primary N) is 1. The monoisotopic (exact) mass is 796 g/mol. The summed E-state index contributed by atoms with van der Waals surface area (Å²) in [4.78, 5) is 35.6. The Labute approximate surface area is 326 Å². The molecule has 1 spiro atoms. The van der Waals surface area contributed by atoms with Crippen molar-refractivity contribution >= 4 is 19.8 Å². The zero-order valence-corrected chi connectivity index (χ0v) is 35.2. The van der Waals surface area contributed by atoms with Crippen LogP contribution in [0.5, 0.6) is 0 Å². The Morgan fingerprint density at radius 2 is 1.82 bits per heavy atom. The van der Waals surface area contributed by atoms with Crippen molar-refractivity contribution in [2.24, 2.45) is 28.9 Å². The van der Waals surface area contributed by atoms with Crippen LogP contribution in [0.25, 0.3) is 6.08 Å². The van der Waals surface area contributed by atoms with E-state index in [1.54, 1.807) is 41.1 Å². The number of aliphatic hydroxyl groups excluding tert-OH is 2. The maximum Gasteiger partial charge on any atom is 0.469 e. The van der Waals surface area contributed by atoms with Gasteiger partial charge < -0.3 is 49.1 Å². The van der Waals surface area contributed by atoms with Crippen molar-refractivity contribution in [2.75, 3.05) is 14.2 Å². The third kappa shape index (κ3) is 12.3. The van der Waals surface area contributed by atoms with Crippen LogP contribution < -0.4 is 5.73 Å². The second-order valence-electron chi connectivity index (χ2n) is 16.0. The molecular formula is C40H65N2O12P. The molecule has 0 radical (unpaired) electrons. The lowest BCUT2D eigenvalue weighted by molar-refractivity contribution is -0.336. The van der Waals surface area contributed by atoms with E-state index in [1.807, 2.05) is 52.8 Å². The molecule has 3 heterocycles. The largest absolute Gasteiger partial charge is 0.469 e. The van der Waals surface area contributed by atoms with Gasteiger partial charge in [-0.2, -0.15) is 0 Å². The molecule has 2 aliphatic heterocycles. The van der Waals surface area contributed by atoms with Gasteiger partial charge in [-0.1, -0.05) is 69.6 Å². The summed E-state index contributed by atoms with van der Waals surface area (Å²) in [5.74, 6) is -2.37. The third-order valence-corrected chi connectivity index (χ3v) is 12.0. The van der Waals surface area contributed by atoms with E-state index >= 15 is 0 Å². The topological polar surface area (TPSA) is 213 Å². The summed E-state index contributed by atoms with van der Waals surface area (Å²) in [5, 5.41) is 22.9. The van der Waals surface area contributed by atoms with Gasteiger partial charge in [0.25, 0.3) is 0 Å². The van der Waals surface area contributed by atoms with Gasteiger partial charge in [0.15, 0.2) is 11.7 Å². The number of primary amides is 1. The number of carbonyl (C=O) groups excluding carboxylic acids is 1. The number of amides is 1. The van der Waals surface area contributed by atoms with Gasteiger partial charge in [0, 0.05) is 63.2 Å². The van der Waals surface area contributed by atoms with Crippen molar-refractivity contribution < 1.29 is 57.2 Å². The van der Waals surface area contributed by atoms with Crippen molar-refractivity contribution in [1.29, 1.82) is 0 Å². The number of hydrogen-bond acceptors (Lipinski definition) is 11. The number of hydrogen-bond donors (Lipinski definition) is 5. The number of nitrogens with zero attached hydrogens (tertiary/aromatic N) is 1. The second-order valence-corrected chi connectivity index (χ2v) is 17.1. The summed E-state index contributed by atoms with van der Waals surface area (Å²) < 4.78 is 48.7. The molecule has 2 aliphatic rings. The highest BCUT2D eigenvalue weighted by atomic mass is 31.2. The van der Waals surface area contributed by atoms with Crippen LogP contribution in [-0.4, -0.2) is 93.6 Å². The molecule has 14 nitrogen and oxygen atoms in total. The summed E-state index contributed by atoms with van der Waals surface area (Å²) in [6.45, 7) is 16.8. The van der Waals surface area contributed by atoms with Crippen LogP contribution in [0.2, 0.25) is 0 Å². The average Bonchev–Trinajstić information content (AvgIpc) is 3.59. The Balaban J connectivity index is 1.83. The highest BCUT2D eigenvalue weighted by Gasteiger charge is 2.68. The van der Waals surface area contributed by atoms with Gasteiger partial charge in [0.1, 0.15) is 24.2 Å². The number of aliphatic hydroxyl groups is 2. The van der Waals surface area contributed by atoms with Gasteiger partial charge in [-0.15, -0.1) is 0 Å². The molecule has 3 rings (SSSR count). The summed E-state index contributed by atoms with van der Waals surface area (Å²) in [6.07, 6.45) is 6.85. The van der Waals surface area contributed by atoms with Gasteiger partial charge in [-0.3, -0.25) is 9.32 Å². The summed E-state index contributed by atoms with van der Waals surface area (Å²) in [7, 11) is -2.01. The highest BCUT2D eigenvalue weighted by Crippen LogP contribution is 2.59. The number of ether oxygens (including phenoxy) is 4. The maximum absolute atomic E-state index is 12.5. The molecule has 312 valence electrons. The summed E-state index contributed by atoms with van der Waals surface area (Å²) in [6, 6.07) is 0. The van der Waals surface area contributed by atoms with Gasteiger partial charge in [0.2, 0.25) is 5.91 Å². The van der Waals surface area contributed by atoms with E-state index in [2.05, 4.69) is 11.1 Å². The predicted molar refractivity (Wildman–Crippen MR) is 208 cm³/mol. The zero-order chi connectivity index (χ0) is 41.5. The summed E-state index contributed by atoms with van der Waals surface area (Å²) >= 11 is 0. The van der Waals surface area contributed by atoms with Crippen LogP contribution in [0.3, 0.4) is 0 Å². The first-order chi connectivity index (χ1) is 25.5. The molecule has 6 N–H and O–H groups in total. The van der Waals surface area contributed by atoms with Crippen molar-refractivity contribution in [3.8, 4) is 0 Å². The molecule has 6 unspecified atom stereocenters. The van der Waals surface area contributed by atoms with Crippen molar-refractivity contribution in [1.82, 2.24) is 4.98 Å². The Morgan fingerprint density at radius 3 is 2.38 bits per heavy atom. The lowest BCUT2D eigenvalue weighted by Gasteiger charge is -2.50. The number of aromatic nitrogens is 1. The number of carbonyl (C=O) groups is 1. The van der Waals surface area contributed by atoms with E-state index < -0.39 is 67.5 Å². The van der Waals surface area contributed by atoms with Crippen molar-refractivity contribution in [3.05, 3.63) is 58.9 Å². The Hall–Kier alpha value is -2.49. The molecule has 1 aromatic heterocycles. The van der Waals surface area contributed by atoms with Crippen molar-refractivity contribution in [2.45, 2.75) is 143 Å². The minimum absolute atomic E-state index is 0.0352. The Kier molecular flexibility index (Phi) is 16.9. The van der Waals surface area contributed by atoms with Crippen LogP contribution in [0.1, 0.15) is 99.1 Å².